The summed E-state index contributed by atoms with van der Waals surface area (Å²) >= 11 is 0. The minimum absolute atomic E-state index is 0.0430. The Balaban J connectivity index is 2.08. The van der Waals surface area contributed by atoms with E-state index in [1.165, 1.54) is 0 Å². The van der Waals surface area contributed by atoms with E-state index in [1.54, 1.807) is 6.92 Å². The molecule has 1 aliphatic rings. The first-order valence-corrected chi connectivity index (χ1v) is 5.67. The van der Waals surface area contributed by atoms with E-state index < -0.39 is 5.97 Å². The molecule has 0 bridgehead atoms. The Morgan fingerprint density at radius 3 is 2.65 bits per heavy atom. The molecule has 1 aromatic heterocycles. The van der Waals surface area contributed by atoms with E-state index in [2.05, 4.69) is 22.0 Å². The highest BCUT2D eigenvalue weighted by Gasteiger charge is 2.22. The lowest BCUT2D eigenvalue weighted by Gasteiger charge is -2.32. The fourth-order valence-corrected chi connectivity index (χ4v) is 1.97. The number of rotatable bonds is 3. The molecule has 1 saturated heterocycles. The van der Waals surface area contributed by atoms with E-state index in [4.69, 9.17) is 9.63 Å². The molecule has 2 rings (SSSR count). The molecular formula is C11H17N3O3. The summed E-state index contributed by atoms with van der Waals surface area (Å²) in [6.45, 7) is 6.26. The molecule has 0 aromatic carbocycles. The van der Waals surface area contributed by atoms with Crippen molar-refractivity contribution in [2.75, 3.05) is 33.2 Å². The van der Waals surface area contributed by atoms with Gasteiger partial charge in [0.2, 0.25) is 0 Å². The highest BCUT2D eigenvalue weighted by molar-refractivity contribution is 5.87. The number of aromatic nitrogens is 1. The Bertz CT molecular complexity index is 408. The van der Waals surface area contributed by atoms with Gasteiger partial charge in [-0.05, 0) is 14.0 Å². The summed E-state index contributed by atoms with van der Waals surface area (Å²) < 4.78 is 4.95. The zero-order valence-electron chi connectivity index (χ0n) is 10.1. The smallest absolute Gasteiger partial charge is 0.358 e. The molecule has 2 heterocycles. The molecular weight excluding hydrogens is 222 g/mol. The summed E-state index contributed by atoms with van der Waals surface area (Å²) in [6, 6.07) is 0. The van der Waals surface area contributed by atoms with E-state index in [-0.39, 0.29) is 5.69 Å². The number of hydrogen-bond donors (Lipinski definition) is 1. The fraction of sp³-hybridized carbons (Fsp3) is 0.636. The molecule has 1 aromatic rings. The second kappa shape index (κ2) is 4.85. The zero-order valence-corrected chi connectivity index (χ0v) is 10.1. The van der Waals surface area contributed by atoms with E-state index in [9.17, 15) is 4.79 Å². The van der Waals surface area contributed by atoms with Gasteiger partial charge in [0, 0.05) is 38.3 Å². The minimum Gasteiger partial charge on any atom is -0.476 e. The van der Waals surface area contributed by atoms with Crippen LogP contribution in [-0.4, -0.2) is 59.3 Å². The molecule has 0 unspecified atom stereocenters. The first-order chi connectivity index (χ1) is 8.08. The topological polar surface area (TPSA) is 69.8 Å². The lowest BCUT2D eigenvalue weighted by atomic mass is 10.1. The number of carbonyl (C=O) groups is 1. The molecule has 1 N–H and O–H groups in total. The van der Waals surface area contributed by atoms with Crippen LogP contribution in [0.5, 0.6) is 0 Å². The van der Waals surface area contributed by atoms with Crippen LogP contribution in [0.2, 0.25) is 0 Å². The van der Waals surface area contributed by atoms with Gasteiger partial charge < -0.3 is 14.5 Å². The van der Waals surface area contributed by atoms with Gasteiger partial charge in [0.25, 0.3) is 0 Å². The van der Waals surface area contributed by atoms with Crippen molar-refractivity contribution in [2.24, 2.45) is 0 Å². The van der Waals surface area contributed by atoms with Gasteiger partial charge >= 0.3 is 5.97 Å². The van der Waals surface area contributed by atoms with Crippen molar-refractivity contribution in [1.82, 2.24) is 15.0 Å². The van der Waals surface area contributed by atoms with E-state index in [1.807, 2.05) is 0 Å². The number of carboxylic acids is 1. The maximum absolute atomic E-state index is 11.0. The van der Waals surface area contributed by atoms with Gasteiger partial charge in [-0.25, -0.2) is 4.79 Å². The summed E-state index contributed by atoms with van der Waals surface area (Å²) in [7, 11) is 2.09. The molecule has 1 aliphatic heterocycles. The summed E-state index contributed by atoms with van der Waals surface area (Å²) in [5.41, 5.74) is 0.739. The Kier molecular flexibility index (Phi) is 3.44. The van der Waals surface area contributed by atoms with Crippen molar-refractivity contribution in [2.45, 2.75) is 13.5 Å². The van der Waals surface area contributed by atoms with Gasteiger partial charge in [0.15, 0.2) is 5.69 Å². The fourth-order valence-electron chi connectivity index (χ4n) is 1.97. The van der Waals surface area contributed by atoms with Crippen molar-refractivity contribution in [3.05, 3.63) is 17.0 Å². The van der Waals surface area contributed by atoms with Crippen LogP contribution >= 0.6 is 0 Å². The Labute approximate surface area is 99.8 Å². The number of nitrogens with zero attached hydrogens (tertiary/aromatic N) is 3. The average molecular weight is 239 g/mol. The van der Waals surface area contributed by atoms with Crippen molar-refractivity contribution in [3.63, 3.8) is 0 Å². The second-order valence-electron chi connectivity index (χ2n) is 4.45. The van der Waals surface area contributed by atoms with Crippen molar-refractivity contribution in [1.29, 1.82) is 0 Å². The first kappa shape index (κ1) is 12.1. The lowest BCUT2D eigenvalue weighted by Crippen LogP contribution is -2.44. The molecule has 0 spiro atoms. The molecule has 0 atom stereocenters. The van der Waals surface area contributed by atoms with Gasteiger partial charge in [-0.3, -0.25) is 4.90 Å². The molecule has 1 fully saturated rings. The molecule has 94 valence electrons. The van der Waals surface area contributed by atoms with Crippen LogP contribution in [-0.2, 0) is 6.54 Å². The molecule has 17 heavy (non-hydrogen) atoms. The lowest BCUT2D eigenvalue weighted by molar-refractivity contribution is 0.0682. The summed E-state index contributed by atoms with van der Waals surface area (Å²) in [5.74, 6) is -0.424. The Morgan fingerprint density at radius 1 is 1.41 bits per heavy atom. The molecule has 0 saturated carbocycles. The predicted octanol–water partition coefficient (Wildman–Crippen LogP) is 0.429. The van der Waals surface area contributed by atoms with E-state index in [0.29, 0.717) is 17.9 Å². The molecule has 6 heteroatoms. The molecule has 0 aliphatic carbocycles. The number of likely N-dealkylation sites (N-methyl/N-ethyl adjacent to an activating group) is 1. The molecule has 6 nitrogen and oxygen atoms in total. The Hall–Kier alpha value is -1.40. The summed E-state index contributed by atoms with van der Waals surface area (Å²) in [4.78, 5) is 15.5. The van der Waals surface area contributed by atoms with E-state index in [0.717, 1.165) is 26.2 Å². The highest BCUT2D eigenvalue weighted by atomic mass is 16.5. The molecule has 0 amide bonds. The Morgan fingerprint density at radius 2 is 2.06 bits per heavy atom. The number of hydrogen-bond acceptors (Lipinski definition) is 5. The van der Waals surface area contributed by atoms with Crippen LogP contribution in [0.1, 0.15) is 21.8 Å². The standard InChI is InChI=1S/C11H17N3O3/c1-8-9(10(11(15)16)12-17-8)7-14-5-3-13(2)4-6-14/h3-7H2,1-2H3,(H,15,16). The van der Waals surface area contributed by atoms with E-state index >= 15 is 0 Å². The van der Waals surface area contributed by atoms with Crippen LogP contribution in [0, 0.1) is 6.92 Å². The third-order valence-corrected chi connectivity index (χ3v) is 3.16. The number of aromatic carboxylic acids is 1. The predicted molar refractivity (Wildman–Crippen MR) is 61.0 cm³/mol. The number of carboxylic acid groups (broad SMARTS) is 1. The normalized spacial score (nSPS) is 18.5. The van der Waals surface area contributed by atoms with Gasteiger partial charge in [-0.1, -0.05) is 5.16 Å². The quantitative estimate of drug-likeness (QED) is 0.824. The number of piperazine rings is 1. The number of aryl methyl sites for hydroxylation is 1. The van der Waals surface area contributed by atoms with Gasteiger partial charge in [-0.15, -0.1) is 0 Å². The van der Waals surface area contributed by atoms with Gasteiger partial charge in [0.05, 0.1) is 0 Å². The average Bonchev–Trinajstić information content (AvgIpc) is 2.64. The largest absolute Gasteiger partial charge is 0.476 e. The third kappa shape index (κ3) is 2.65. The van der Waals surface area contributed by atoms with Gasteiger partial charge in [0.1, 0.15) is 5.76 Å². The highest BCUT2D eigenvalue weighted by Crippen LogP contribution is 2.16. The maximum atomic E-state index is 11.0. The summed E-state index contributed by atoms with van der Waals surface area (Å²) in [5, 5.41) is 12.6. The first-order valence-electron chi connectivity index (χ1n) is 5.67. The SMILES string of the molecule is Cc1onc(C(=O)O)c1CN1CCN(C)CC1. The minimum atomic E-state index is -1.02. The second-order valence-corrected chi connectivity index (χ2v) is 4.45. The monoisotopic (exact) mass is 239 g/mol. The van der Waals surface area contributed by atoms with Gasteiger partial charge in [-0.2, -0.15) is 0 Å². The zero-order chi connectivity index (χ0) is 12.4. The molecule has 0 radical (unpaired) electrons. The third-order valence-electron chi connectivity index (χ3n) is 3.16. The van der Waals surface area contributed by atoms with Crippen LogP contribution in [0.15, 0.2) is 4.52 Å². The summed E-state index contributed by atoms with van der Waals surface area (Å²) in [6.07, 6.45) is 0. The van der Waals surface area contributed by atoms with Crippen molar-refractivity contribution < 1.29 is 14.4 Å². The maximum Gasteiger partial charge on any atom is 0.358 e. The van der Waals surface area contributed by atoms with Crippen LogP contribution in [0.4, 0.5) is 0 Å². The van der Waals surface area contributed by atoms with Crippen LogP contribution in [0.25, 0.3) is 0 Å². The van der Waals surface area contributed by atoms with Crippen molar-refractivity contribution in [3.8, 4) is 0 Å². The van der Waals surface area contributed by atoms with Crippen molar-refractivity contribution >= 4 is 5.97 Å². The van der Waals surface area contributed by atoms with Crippen LogP contribution < -0.4 is 0 Å². The van der Waals surface area contributed by atoms with Crippen LogP contribution in [0.3, 0.4) is 0 Å².